The Morgan fingerprint density at radius 1 is 1.16 bits per heavy atom. The van der Waals surface area contributed by atoms with Crippen molar-refractivity contribution in [1.82, 2.24) is 0 Å². The molecule has 1 N–H and O–H groups in total. The Kier molecular flexibility index (Phi) is 4.62. The van der Waals surface area contributed by atoms with Gasteiger partial charge in [-0.25, -0.2) is 8.42 Å². The zero-order valence-electron chi connectivity index (χ0n) is 13.4. The van der Waals surface area contributed by atoms with Gasteiger partial charge < -0.3 is 9.84 Å². The van der Waals surface area contributed by atoms with E-state index in [1.807, 2.05) is 0 Å². The van der Waals surface area contributed by atoms with Crippen LogP contribution in [0.1, 0.15) is 11.5 Å². The maximum Gasteiger partial charge on any atom is 0.314 e. The number of benzene rings is 2. The minimum Gasteiger partial charge on any atom is -0.481 e. The zero-order chi connectivity index (χ0) is 18.2. The lowest BCUT2D eigenvalue weighted by Gasteiger charge is -2.12. The van der Waals surface area contributed by atoms with Crippen LogP contribution in [0.2, 0.25) is 5.02 Å². The highest BCUT2D eigenvalue weighted by Gasteiger charge is 2.76. The number of halogens is 1. The fraction of sp³-hybridized carbons (Fsp3) is 0.278. The molecular formula is C18H17ClO5S. The minimum atomic E-state index is -3.84. The molecule has 0 heterocycles. The quantitative estimate of drug-likeness (QED) is 0.833. The number of carboxylic acids is 1. The average molecular weight is 381 g/mol. The fourth-order valence-electron chi connectivity index (χ4n) is 3.49. The molecule has 3 rings (SSSR count). The highest BCUT2D eigenvalue weighted by Crippen LogP contribution is 2.64. The molecule has 0 saturated heterocycles. The summed E-state index contributed by atoms with van der Waals surface area (Å²) < 4.78 is 31.3. The molecule has 3 atom stereocenters. The normalized spacial score (nSPS) is 25.5. The molecule has 0 aliphatic heterocycles. The summed E-state index contributed by atoms with van der Waals surface area (Å²) in [6.45, 7) is -0.188. The molecule has 0 bridgehead atoms. The first kappa shape index (κ1) is 17.9. The molecule has 2 aromatic rings. The van der Waals surface area contributed by atoms with Gasteiger partial charge in [-0.05, 0) is 29.8 Å². The van der Waals surface area contributed by atoms with E-state index in [-0.39, 0.29) is 11.5 Å². The number of methoxy groups -OCH3 is 1. The van der Waals surface area contributed by atoms with Crippen LogP contribution in [-0.2, 0) is 19.4 Å². The smallest absolute Gasteiger partial charge is 0.314 e. The van der Waals surface area contributed by atoms with E-state index in [1.165, 1.54) is 19.2 Å². The first-order valence-electron chi connectivity index (χ1n) is 7.62. The SMILES string of the molecule is COC[C@]1(C(=O)O)[C@H](c2ccc(Cl)cc2)[C@@H]1S(=O)(=O)c1ccccc1. The van der Waals surface area contributed by atoms with Crippen molar-refractivity contribution in [2.75, 3.05) is 13.7 Å². The van der Waals surface area contributed by atoms with E-state index >= 15 is 0 Å². The second-order valence-electron chi connectivity index (χ2n) is 6.09. The molecule has 1 aliphatic carbocycles. The van der Waals surface area contributed by atoms with E-state index in [0.29, 0.717) is 10.6 Å². The summed E-state index contributed by atoms with van der Waals surface area (Å²) >= 11 is 5.89. The van der Waals surface area contributed by atoms with E-state index in [9.17, 15) is 18.3 Å². The van der Waals surface area contributed by atoms with Crippen molar-refractivity contribution < 1.29 is 23.1 Å². The molecule has 1 aliphatic rings. The van der Waals surface area contributed by atoms with Gasteiger partial charge in [0.2, 0.25) is 0 Å². The Balaban J connectivity index is 2.12. The number of carbonyl (C=O) groups is 1. The summed E-state index contributed by atoms with van der Waals surface area (Å²) in [5.41, 5.74) is -0.898. The summed E-state index contributed by atoms with van der Waals surface area (Å²) in [6.07, 6.45) is 0. The Morgan fingerprint density at radius 2 is 1.76 bits per heavy atom. The van der Waals surface area contributed by atoms with Gasteiger partial charge in [-0.3, -0.25) is 4.79 Å². The molecule has 0 radical (unpaired) electrons. The molecule has 0 aromatic heterocycles. The number of sulfone groups is 1. The van der Waals surface area contributed by atoms with Crippen molar-refractivity contribution in [3.05, 3.63) is 65.2 Å². The molecule has 1 saturated carbocycles. The third kappa shape index (κ3) is 2.84. The summed E-state index contributed by atoms with van der Waals surface area (Å²) in [5.74, 6) is -1.88. The maximum atomic E-state index is 13.1. The van der Waals surface area contributed by atoms with Crippen LogP contribution in [0.5, 0.6) is 0 Å². The van der Waals surface area contributed by atoms with Crippen molar-refractivity contribution in [2.45, 2.75) is 16.1 Å². The van der Waals surface area contributed by atoms with Crippen molar-refractivity contribution >= 4 is 27.4 Å². The largest absolute Gasteiger partial charge is 0.481 e. The van der Waals surface area contributed by atoms with E-state index < -0.39 is 32.4 Å². The molecule has 0 spiro atoms. The Bertz CT molecular complexity index is 879. The number of carboxylic acid groups (broad SMARTS) is 1. The molecule has 25 heavy (non-hydrogen) atoms. The highest BCUT2D eigenvalue weighted by atomic mass is 35.5. The van der Waals surface area contributed by atoms with Gasteiger partial charge in [0.1, 0.15) is 5.41 Å². The monoisotopic (exact) mass is 380 g/mol. The number of aliphatic carboxylic acids is 1. The summed E-state index contributed by atoms with van der Waals surface area (Å²) in [6, 6.07) is 14.5. The first-order valence-corrected chi connectivity index (χ1v) is 9.55. The molecule has 0 amide bonds. The number of hydrogen-bond acceptors (Lipinski definition) is 4. The van der Waals surface area contributed by atoms with Gasteiger partial charge in [0.15, 0.2) is 9.84 Å². The second-order valence-corrected chi connectivity index (χ2v) is 8.59. The van der Waals surface area contributed by atoms with Gasteiger partial charge in [0.25, 0.3) is 0 Å². The average Bonchev–Trinajstić information content (AvgIpc) is 3.28. The summed E-state index contributed by atoms with van der Waals surface area (Å²) in [4.78, 5) is 12.2. The van der Waals surface area contributed by atoms with Crippen LogP contribution in [-0.4, -0.2) is 38.5 Å². The Labute approximate surface area is 151 Å². The molecule has 5 nitrogen and oxygen atoms in total. The lowest BCUT2D eigenvalue weighted by molar-refractivity contribution is -0.145. The van der Waals surface area contributed by atoms with Gasteiger partial charge in [0, 0.05) is 18.1 Å². The molecule has 7 heteroatoms. The minimum absolute atomic E-state index is 0.109. The third-order valence-corrected chi connectivity index (χ3v) is 7.22. The maximum absolute atomic E-state index is 13.1. The molecule has 1 fully saturated rings. The number of hydrogen-bond donors (Lipinski definition) is 1. The Morgan fingerprint density at radius 3 is 2.28 bits per heavy atom. The van der Waals surface area contributed by atoms with Gasteiger partial charge in [-0.1, -0.05) is 41.9 Å². The molecule has 2 aromatic carbocycles. The van der Waals surface area contributed by atoms with E-state index in [0.717, 1.165) is 0 Å². The molecular weight excluding hydrogens is 364 g/mol. The van der Waals surface area contributed by atoms with Crippen LogP contribution < -0.4 is 0 Å². The van der Waals surface area contributed by atoms with Crippen molar-refractivity contribution in [3.63, 3.8) is 0 Å². The standard InChI is InChI=1S/C18H17ClO5S/c1-24-11-18(17(20)21)15(12-7-9-13(19)10-8-12)16(18)25(22,23)14-5-3-2-4-6-14/h2-10,15-16H,11H2,1H3,(H,20,21)/t15-,16+,18+/m1/s1. The zero-order valence-corrected chi connectivity index (χ0v) is 15.0. The van der Waals surface area contributed by atoms with Gasteiger partial charge in [-0.15, -0.1) is 0 Å². The topological polar surface area (TPSA) is 80.7 Å². The van der Waals surface area contributed by atoms with Crippen molar-refractivity contribution in [1.29, 1.82) is 0 Å². The summed E-state index contributed by atoms with van der Waals surface area (Å²) in [5, 5.41) is 9.23. The van der Waals surface area contributed by atoms with Gasteiger partial charge in [0.05, 0.1) is 16.8 Å². The van der Waals surface area contributed by atoms with E-state index in [2.05, 4.69) is 0 Å². The first-order chi connectivity index (χ1) is 11.9. The lowest BCUT2D eigenvalue weighted by Crippen LogP contribution is -2.28. The van der Waals surface area contributed by atoms with Crippen LogP contribution in [0, 0.1) is 5.41 Å². The fourth-order valence-corrected chi connectivity index (χ4v) is 5.99. The van der Waals surface area contributed by atoms with Crippen molar-refractivity contribution in [3.8, 4) is 0 Å². The van der Waals surface area contributed by atoms with Gasteiger partial charge in [-0.2, -0.15) is 0 Å². The van der Waals surface area contributed by atoms with Crippen LogP contribution >= 0.6 is 11.6 Å². The summed E-state index contributed by atoms with van der Waals surface area (Å²) in [7, 11) is -2.47. The van der Waals surface area contributed by atoms with E-state index in [4.69, 9.17) is 16.3 Å². The second kappa shape index (κ2) is 6.44. The van der Waals surface area contributed by atoms with Crippen LogP contribution in [0.15, 0.2) is 59.5 Å². The van der Waals surface area contributed by atoms with Crippen LogP contribution in [0.4, 0.5) is 0 Å². The van der Waals surface area contributed by atoms with Crippen LogP contribution in [0.25, 0.3) is 0 Å². The molecule has 132 valence electrons. The van der Waals surface area contributed by atoms with Crippen LogP contribution in [0.3, 0.4) is 0 Å². The Hall–Kier alpha value is -1.89. The number of ether oxygens (including phenoxy) is 1. The third-order valence-electron chi connectivity index (χ3n) is 4.67. The van der Waals surface area contributed by atoms with Crippen molar-refractivity contribution in [2.24, 2.45) is 5.41 Å². The van der Waals surface area contributed by atoms with E-state index in [1.54, 1.807) is 42.5 Å². The predicted octanol–water partition coefficient (Wildman–Crippen LogP) is 3.00. The number of rotatable bonds is 6. The lowest BCUT2D eigenvalue weighted by atomic mass is 10.0. The molecule has 0 unspecified atom stereocenters. The predicted molar refractivity (Wildman–Crippen MR) is 93.6 cm³/mol. The van der Waals surface area contributed by atoms with Gasteiger partial charge >= 0.3 is 5.97 Å². The highest BCUT2D eigenvalue weighted by molar-refractivity contribution is 7.92.